The van der Waals surface area contributed by atoms with Gasteiger partial charge in [0.1, 0.15) is 17.0 Å². The predicted molar refractivity (Wildman–Crippen MR) is 148 cm³/mol. The first-order valence-corrected chi connectivity index (χ1v) is 12.8. The van der Waals surface area contributed by atoms with Crippen LogP contribution in [0, 0.1) is 0 Å². The van der Waals surface area contributed by atoms with Gasteiger partial charge in [0.25, 0.3) is 5.91 Å². The lowest BCUT2D eigenvalue weighted by atomic mass is 9.89. The Morgan fingerprint density at radius 3 is 1.97 bits per heavy atom. The summed E-state index contributed by atoms with van der Waals surface area (Å²) >= 11 is 0. The standard InChI is InChI=1S/C31H37N3O2/c1-18(2)21-12-9-13-22(19(3)4)27(21)33-29(35)25-16-11-17-26(32-25)30-34-28-23(20(5)6)14-10-15-24(28)31(7,8)36-30/h9-20H,1-8H3,(H,33,35). The van der Waals surface area contributed by atoms with Gasteiger partial charge in [0.15, 0.2) is 0 Å². The molecule has 1 N–H and O–H groups in total. The molecule has 0 spiro atoms. The number of pyridine rings is 1. The maximum absolute atomic E-state index is 13.4. The van der Waals surface area contributed by atoms with Gasteiger partial charge in [0.2, 0.25) is 5.90 Å². The lowest BCUT2D eigenvalue weighted by Crippen LogP contribution is -2.30. The van der Waals surface area contributed by atoms with Gasteiger partial charge in [0.05, 0.1) is 5.69 Å². The van der Waals surface area contributed by atoms with E-state index in [9.17, 15) is 4.79 Å². The second kappa shape index (κ2) is 9.88. The fourth-order valence-electron chi connectivity index (χ4n) is 4.72. The summed E-state index contributed by atoms with van der Waals surface area (Å²) in [6, 6.07) is 17.9. The zero-order chi connectivity index (χ0) is 26.2. The second-order valence-corrected chi connectivity index (χ2v) is 10.9. The first-order chi connectivity index (χ1) is 17.0. The number of anilines is 1. The van der Waals surface area contributed by atoms with Crippen molar-refractivity contribution >= 4 is 23.2 Å². The Morgan fingerprint density at radius 2 is 1.36 bits per heavy atom. The normalized spacial score (nSPS) is 14.5. The zero-order valence-corrected chi connectivity index (χ0v) is 22.6. The molecule has 1 amide bonds. The van der Waals surface area contributed by atoms with E-state index in [4.69, 9.17) is 9.73 Å². The van der Waals surface area contributed by atoms with Crippen molar-refractivity contribution in [2.75, 3.05) is 5.32 Å². The minimum Gasteiger partial charge on any atom is -0.465 e. The number of nitrogens with zero attached hydrogens (tertiary/aromatic N) is 2. The van der Waals surface area contributed by atoms with E-state index in [0.29, 0.717) is 23.2 Å². The van der Waals surface area contributed by atoms with Crippen LogP contribution in [0.4, 0.5) is 11.4 Å². The first kappa shape index (κ1) is 25.6. The third-order valence-corrected chi connectivity index (χ3v) is 6.72. The van der Waals surface area contributed by atoms with E-state index < -0.39 is 5.60 Å². The van der Waals surface area contributed by atoms with E-state index in [-0.39, 0.29) is 17.7 Å². The van der Waals surface area contributed by atoms with E-state index >= 15 is 0 Å². The van der Waals surface area contributed by atoms with Crippen LogP contribution in [0.1, 0.15) is 112 Å². The Hall–Kier alpha value is -3.47. The molecule has 1 aliphatic rings. The largest absolute Gasteiger partial charge is 0.465 e. The molecule has 0 saturated carbocycles. The number of rotatable bonds is 6. The van der Waals surface area contributed by atoms with Crippen LogP contribution in [0.5, 0.6) is 0 Å². The molecule has 0 aliphatic carbocycles. The number of fused-ring (bicyclic) bond motifs is 1. The Morgan fingerprint density at radius 1 is 0.806 bits per heavy atom. The molecular formula is C31H37N3O2. The fourth-order valence-corrected chi connectivity index (χ4v) is 4.72. The zero-order valence-electron chi connectivity index (χ0n) is 22.6. The van der Waals surface area contributed by atoms with E-state index in [2.05, 4.69) is 88.2 Å². The molecule has 36 heavy (non-hydrogen) atoms. The summed E-state index contributed by atoms with van der Waals surface area (Å²) in [5, 5.41) is 3.16. The minimum atomic E-state index is -0.570. The van der Waals surface area contributed by atoms with Crippen molar-refractivity contribution in [1.82, 2.24) is 4.98 Å². The van der Waals surface area contributed by atoms with Crippen molar-refractivity contribution in [2.24, 2.45) is 4.99 Å². The van der Waals surface area contributed by atoms with Crippen LogP contribution in [0.2, 0.25) is 0 Å². The topological polar surface area (TPSA) is 63.6 Å². The van der Waals surface area contributed by atoms with Crippen molar-refractivity contribution in [1.29, 1.82) is 0 Å². The van der Waals surface area contributed by atoms with Gasteiger partial charge < -0.3 is 10.1 Å². The van der Waals surface area contributed by atoms with Gasteiger partial charge >= 0.3 is 0 Å². The van der Waals surface area contributed by atoms with Crippen molar-refractivity contribution in [2.45, 2.75) is 78.7 Å². The summed E-state index contributed by atoms with van der Waals surface area (Å²) in [6.45, 7) is 17.0. The molecule has 0 fully saturated rings. The van der Waals surface area contributed by atoms with Crippen LogP contribution in [-0.4, -0.2) is 16.8 Å². The molecule has 2 aromatic carbocycles. The monoisotopic (exact) mass is 483 g/mol. The lowest BCUT2D eigenvalue weighted by Gasteiger charge is -2.33. The Labute approximate surface area is 215 Å². The van der Waals surface area contributed by atoms with Crippen LogP contribution in [0.3, 0.4) is 0 Å². The van der Waals surface area contributed by atoms with Gasteiger partial charge in [-0.1, -0.05) is 84.0 Å². The van der Waals surface area contributed by atoms with Gasteiger partial charge in [-0.05, 0) is 60.4 Å². The highest BCUT2D eigenvalue weighted by Crippen LogP contribution is 2.42. The SMILES string of the molecule is CC(C)c1cccc2c1N=C(c1cccc(C(=O)Nc3c(C(C)C)cccc3C(C)C)n1)OC2(C)C. The average Bonchev–Trinajstić information content (AvgIpc) is 2.83. The molecule has 4 rings (SSSR count). The van der Waals surface area contributed by atoms with Crippen molar-refractivity contribution in [3.8, 4) is 0 Å². The van der Waals surface area contributed by atoms with Gasteiger partial charge in [-0.15, -0.1) is 0 Å². The number of carbonyl (C=O) groups is 1. The quantitative estimate of drug-likeness (QED) is 0.386. The number of aliphatic imine (C=N–C) groups is 1. The van der Waals surface area contributed by atoms with E-state index in [1.54, 1.807) is 6.07 Å². The predicted octanol–water partition coefficient (Wildman–Crippen LogP) is 8.05. The third-order valence-electron chi connectivity index (χ3n) is 6.72. The van der Waals surface area contributed by atoms with Crippen molar-refractivity contribution in [3.63, 3.8) is 0 Å². The molecule has 1 aliphatic heterocycles. The molecule has 188 valence electrons. The van der Waals surface area contributed by atoms with Crippen LogP contribution >= 0.6 is 0 Å². The summed E-state index contributed by atoms with van der Waals surface area (Å²) in [5.74, 6) is 1.06. The maximum atomic E-state index is 13.4. The smallest absolute Gasteiger partial charge is 0.274 e. The highest BCUT2D eigenvalue weighted by Gasteiger charge is 2.34. The molecule has 0 unspecified atom stereocenters. The molecular weight excluding hydrogens is 446 g/mol. The number of hydrogen-bond donors (Lipinski definition) is 1. The Balaban J connectivity index is 1.72. The number of aromatic nitrogens is 1. The number of para-hydroxylation sites is 2. The summed E-state index contributed by atoms with van der Waals surface area (Å²) in [7, 11) is 0. The molecule has 1 aromatic heterocycles. The number of nitrogens with one attached hydrogen (secondary N) is 1. The average molecular weight is 484 g/mol. The summed E-state index contributed by atoms with van der Waals surface area (Å²) in [4.78, 5) is 23.0. The lowest BCUT2D eigenvalue weighted by molar-refractivity contribution is 0.0907. The minimum absolute atomic E-state index is 0.245. The molecule has 0 radical (unpaired) electrons. The molecule has 3 aromatic rings. The first-order valence-electron chi connectivity index (χ1n) is 12.8. The van der Waals surface area contributed by atoms with Gasteiger partial charge in [-0.25, -0.2) is 9.98 Å². The number of benzene rings is 2. The number of carbonyl (C=O) groups excluding carboxylic acids is 1. The van der Waals surface area contributed by atoms with E-state index in [1.807, 2.05) is 26.0 Å². The summed E-state index contributed by atoms with van der Waals surface area (Å²) < 4.78 is 6.33. The molecule has 5 heteroatoms. The third kappa shape index (κ3) is 4.92. The van der Waals surface area contributed by atoms with Crippen molar-refractivity contribution < 1.29 is 9.53 Å². The highest BCUT2D eigenvalue weighted by atomic mass is 16.5. The molecule has 2 heterocycles. The summed E-state index contributed by atoms with van der Waals surface area (Å²) in [6.07, 6.45) is 0. The number of amides is 1. The highest BCUT2D eigenvalue weighted by molar-refractivity contribution is 6.05. The number of hydrogen-bond acceptors (Lipinski definition) is 4. The van der Waals surface area contributed by atoms with E-state index in [0.717, 1.165) is 28.1 Å². The number of ether oxygens (including phenoxy) is 1. The Kier molecular flexibility index (Phi) is 7.03. The van der Waals surface area contributed by atoms with Crippen molar-refractivity contribution in [3.05, 3.63) is 88.2 Å². The molecule has 5 nitrogen and oxygen atoms in total. The second-order valence-electron chi connectivity index (χ2n) is 10.9. The van der Waals surface area contributed by atoms with Crippen LogP contribution in [0.15, 0.2) is 59.6 Å². The van der Waals surface area contributed by atoms with Gasteiger partial charge in [-0.3, -0.25) is 4.79 Å². The van der Waals surface area contributed by atoms with E-state index in [1.165, 1.54) is 5.56 Å². The fraction of sp³-hybridized carbons (Fsp3) is 0.387. The van der Waals surface area contributed by atoms with Crippen LogP contribution in [0.25, 0.3) is 0 Å². The van der Waals surface area contributed by atoms with Crippen LogP contribution < -0.4 is 5.32 Å². The molecule has 0 bridgehead atoms. The van der Waals surface area contributed by atoms with Gasteiger partial charge in [0, 0.05) is 11.3 Å². The molecule has 0 saturated heterocycles. The summed E-state index contributed by atoms with van der Waals surface area (Å²) in [5.41, 5.74) is 6.56. The Bertz CT molecular complexity index is 1290. The van der Waals surface area contributed by atoms with Gasteiger partial charge in [-0.2, -0.15) is 0 Å². The maximum Gasteiger partial charge on any atom is 0.274 e. The molecule has 0 atom stereocenters. The van der Waals surface area contributed by atoms with Crippen LogP contribution in [-0.2, 0) is 10.3 Å².